The summed E-state index contributed by atoms with van der Waals surface area (Å²) in [6.07, 6.45) is 1.51. The fraction of sp³-hybridized carbons (Fsp3) is 0.438. The first-order chi connectivity index (χ1) is 19.7. The fourth-order valence-corrected chi connectivity index (χ4v) is 4.28. The standard InChI is InChI=1S/C32H41BO7/c1-34-30-13-9-28(10-14-30)32(27-7-4-3-5-8-27,29-11-15-31(35-2)16-12-29)40-26-25-39-24-23-38-22-21-37-20-19-36-18-6-17-33/h3-5,7-16H,6,17-26H2,1-2H3. The Morgan fingerprint density at radius 1 is 0.500 bits per heavy atom. The molecule has 0 N–H and O–H groups in total. The molecule has 8 heteroatoms. The van der Waals surface area contributed by atoms with Gasteiger partial charge in [0.2, 0.25) is 0 Å². The first-order valence-electron chi connectivity index (χ1n) is 13.7. The zero-order valence-electron chi connectivity index (χ0n) is 23.7. The van der Waals surface area contributed by atoms with E-state index in [-0.39, 0.29) is 0 Å². The Bertz CT molecular complexity index is 998. The highest BCUT2D eigenvalue weighted by Crippen LogP contribution is 2.41. The second-order valence-corrected chi connectivity index (χ2v) is 8.94. The third-order valence-corrected chi connectivity index (χ3v) is 6.33. The lowest BCUT2D eigenvalue weighted by molar-refractivity contribution is -0.0384. The fourth-order valence-electron chi connectivity index (χ4n) is 4.28. The van der Waals surface area contributed by atoms with Crippen LogP contribution in [-0.4, -0.2) is 81.5 Å². The van der Waals surface area contributed by atoms with Gasteiger partial charge < -0.3 is 33.2 Å². The van der Waals surface area contributed by atoms with Crippen molar-refractivity contribution in [2.75, 3.05) is 73.7 Å². The van der Waals surface area contributed by atoms with Gasteiger partial charge in [0.05, 0.1) is 74.9 Å². The minimum atomic E-state index is -0.856. The van der Waals surface area contributed by atoms with Crippen molar-refractivity contribution in [1.82, 2.24) is 0 Å². The molecule has 40 heavy (non-hydrogen) atoms. The van der Waals surface area contributed by atoms with Crippen LogP contribution >= 0.6 is 0 Å². The quantitative estimate of drug-likeness (QED) is 0.105. The molecule has 0 amide bonds. The molecule has 0 atom stereocenters. The number of methoxy groups -OCH3 is 2. The molecule has 0 spiro atoms. The predicted octanol–water partition coefficient (Wildman–Crippen LogP) is 5.06. The summed E-state index contributed by atoms with van der Waals surface area (Å²) < 4.78 is 39.9. The lowest BCUT2D eigenvalue weighted by atomic mass is 9.80. The van der Waals surface area contributed by atoms with E-state index in [0.717, 1.165) is 34.6 Å². The third-order valence-electron chi connectivity index (χ3n) is 6.33. The van der Waals surface area contributed by atoms with Gasteiger partial charge in [-0.3, -0.25) is 0 Å². The van der Waals surface area contributed by atoms with Crippen molar-refractivity contribution < 1.29 is 33.2 Å². The normalized spacial score (nSPS) is 11.4. The molecule has 2 radical (unpaired) electrons. The van der Waals surface area contributed by atoms with Crippen molar-refractivity contribution in [3.05, 3.63) is 95.6 Å². The Morgan fingerprint density at radius 3 is 1.32 bits per heavy atom. The first kappa shape index (κ1) is 31.6. The van der Waals surface area contributed by atoms with Crippen molar-refractivity contribution >= 4 is 7.85 Å². The molecule has 3 aromatic carbocycles. The molecule has 0 bridgehead atoms. The molecule has 3 aromatic rings. The Hall–Kier alpha value is -2.88. The maximum Gasteiger partial charge on any atom is 0.143 e. The van der Waals surface area contributed by atoms with Gasteiger partial charge in [-0.25, -0.2) is 0 Å². The maximum atomic E-state index is 6.76. The first-order valence-corrected chi connectivity index (χ1v) is 13.7. The molecule has 0 saturated carbocycles. The van der Waals surface area contributed by atoms with Crippen LogP contribution in [0.2, 0.25) is 6.32 Å². The highest BCUT2D eigenvalue weighted by molar-refractivity contribution is 6.08. The lowest BCUT2D eigenvalue weighted by Crippen LogP contribution is -2.34. The van der Waals surface area contributed by atoms with Crippen molar-refractivity contribution in [1.29, 1.82) is 0 Å². The van der Waals surface area contributed by atoms with Gasteiger partial charge in [-0.1, -0.05) is 60.9 Å². The van der Waals surface area contributed by atoms with Crippen LogP contribution in [0.5, 0.6) is 11.5 Å². The molecule has 0 unspecified atom stereocenters. The zero-order chi connectivity index (χ0) is 28.3. The molecule has 0 aliphatic carbocycles. The van der Waals surface area contributed by atoms with E-state index in [2.05, 4.69) is 12.1 Å². The summed E-state index contributed by atoms with van der Waals surface area (Å²) in [4.78, 5) is 0. The van der Waals surface area contributed by atoms with E-state index < -0.39 is 5.60 Å². The highest BCUT2D eigenvalue weighted by Gasteiger charge is 2.37. The maximum absolute atomic E-state index is 6.76. The Kier molecular flexibility index (Phi) is 14.6. The zero-order valence-corrected chi connectivity index (χ0v) is 23.7. The molecule has 0 heterocycles. The van der Waals surface area contributed by atoms with E-state index in [0.29, 0.717) is 65.8 Å². The van der Waals surface area contributed by atoms with Gasteiger partial charge in [-0.2, -0.15) is 0 Å². The molecule has 7 nitrogen and oxygen atoms in total. The van der Waals surface area contributed by atoms with E-state index in [9.17, 15) is 0 Å². The summed E-state index contributed by atoms with van der Waals surface area (Å²) in [7, 11) is 8.75. The van der Waals surface area contributed by atoms with Crippen LogP contribution in [0.1, 0.15) is 23.1 Å². The summed E-state index contributed by atoms with van der Waals surface area (Å²) >= 11 is 0. The second-order valence-electron chi connectivity index (χ2n) is 8.94. The number of ether oxygens (including phenoxy) is 7. The van der Waals surface area contributed by atoms with Crippen molar-refractivity contribution in [3.63, 3.8) is 0 Å². The lowest BCUT2D eigenvalue weighted by Gasteiger charge is -2.36. The SMILES string of the molecule is [B]CCCOCCOCCOCCOCCOC(c1ccccc1)(c1ccc(OC)cc1)c1ccc(OC)cc1. The van der Waals surface area contributed by atoms with Crippen molar-refractivity contribution in [3.8, 4) is 11.5 Å². The van der Waals surface area contributed by atoms with Crippen LogP contribution in [0.15, 0.2) is 78.9 Å². The molecule has 214 valence electrons. The second kappa shape index (κ2) is 18.5. The van der Waals surface area contributed by atoms with E-state index in [1.165, 1.54) is 0 Å². The van der Waals surface area contributed by atoms with Crippen LogP contribution in [0.25, 0.3) is 0 Å². The van der Waals surface area contributed by atoms with Gasteiger partial charge in [0.1, 0.15) is 17.1 Å². The van der Waals surface area contributed by atoms with E-state index >= 15 is 0 Å². The van der Waals surface area contributed by atoms with Gasteiger partial charge >= 0.3 is 0 Å². The number of rotatable bonds is 21. The topological polar surface area (TPSA) is 64.6 Å². The predicted molar refractivity (Wildman–Crippen MR) is 157 cm³/mol. The van der Waals surface area contributed by atoms with Crippen molar-refractivity contribution in [2.45, 2.75) is 18.3 Å². The largest absolute Gasteiger partial charge is 0.497 e. The Balaban J connectivity index is 1.56. The van der Waals surface area contributed by atoms with Crippen LogP contribution < -0.4 is 9.47 Å². The van der Waals surface area contributed by atoms with Crippen LogP contribution in [0, 0.1) is 0 Å². The van der Waals surface area contributed by atoms with Crippen LogP contribution in [0.4, 0.5) is 0 Å². The van der Waals surface area contributed by atoms with Crippen LogP contribution in [-0.2, 0) is 29.3 Å². The Morgan fingerprint density at radius 2 is 0.900 bits per heavy atom. The van der Waals surface area contributed by atoms with Gasteiger partial charge in [0.25, 0.3) is 0 Å². The number of hydrogen-bond donors (Lipinski definition) is 0. The minimum Gasteiger partial charge on any atom is -0.497 e. The van der Waals surface area contributed by atoms with Gasteiger partial charge in [-0.05, 0) is 47.4 Å². The molecule has 0 aliphatic rings. The van der Waals surface area contributed by atoms with Crippen molar-refractivity contribution in [2.24, 2.45) is 0 Å². The van der Waals surface area contributed by atoms with Gasteiger partial charge in [-0.15, -0.1) is 0 Å². The monoisotopic (exact) mass is 548 g/mol. The van der Waals surface area contributed by atoms with Gasteiger partial charge in [0.15, 0.2) is 0 Å². The number of hydrogen-bond acceptors (Lipinski definition) is 7. The summed E-state index contributed by atoms with van der Waals surface area (Å²) in [5, 5.41) is 0. The van der Waals surface area contributed by atoms with E-state index in [1.54, 1.807) is 14.2 Å². The minimum absolute atomic E-state index is 0.375. The third kappa shape index (κ3) is 9.64. The molecule has 0 aromatic heterocycles. The molecular weight excluding hydrogens is 507 g/mol. The molecule has 0 saturated heterocycles. The molecule has 0 fully saturated rings. The summed E-state index contributed by atoms with van der Waals surface area (Å²) in [6.45, 7) is 4.56. The molecule has 3 rings (SSSR count). The average molecular weight is 548 g/mol. The molecule has 0 aliphatic heterocycles. The van der Waals surface area contributed by atoms with E-state index in [1.807, 2.05) is 66.7 Å². The van der Waals surface area contributed by atoms with E-state index in [4.69, 9.17) is 41.0 Å². The highest BCUT2D eigenvalue weighted by atomic mass is 16.6. The summed E-state index contributed by atoms with van der Waals surface area (Å²) in [5.74, 6) is 1.56. The number of benzene rings is 3. The summed E-state index contributed by atoms with van der Waals surface area (Å²) in [5.41, 5.74) is 2.12. The average Bonchev–Trinajstić information content (AvgIpc) is 3.02. The van der Waals surface area contributed by atoms with Crippen LogP contribution in [0.3, 0.4) is 0 Å². The Labute approximate surface area is 240 Å². The smallest absolute Gasteiger partial charge is 0.143 e. The van der Waals surface area contributed by atoms with Gasteiger partial charge in [0, 0.05) is 6.61 Å². The molecular formula is C32H41BO7. The summed E-state index contributed by atoms with van der Waals surface area (Å²) in [6, 6.07) is 26.2.